The minimum atomic E-state index is 0.0252. The molecule has 0 saturated carbocycles. The number of carbonyl (C=O) groups excluding carboxylic acids is 1. The van der Waals surface area contributed by atoms with E-state index in [2.05, 4.69) is 20.4 Å². The van der Waals surface area contributed by atoms with Crippen molar-refractivity contribution in [1.82, 2.24) is 25.1 Å². The Hall–Kier alpha value is -2.96. The summed E-state index contributed by atoms with van der Waals surface area (Å²) in [6, 6.07) is 14.2. The smallest absolute Gasteiger partial charge is 0.222 e. The summed E-state index contributed by atoms with van der Waals surface area (Å²) in [5.74, 6) is 1.81. The summed E-state index contributed by atoms with van der Waals surface area (Å²) >= 11 is 0. The van der Waals surface area contributed by atoms with Crippen LogP contribution in [0.4, 0.5) is 5.82 Å². The lowest BCUT2D eigenvalue weighted by molar-refractivity contribution is -0.124. The van der Waals surface area contributed by atoms with Gasteiger partial charge in [0.1, 0.15) is 5.82 Å². The number of nitrogens with one attached hydrogen (secondary N) is 1. The molecule has 2 aromatic heterocycles. The first-order valence-electron chi connectivity index (χ1n) is 9.45. The molecule has 7 heteroatoms. The van der Waals surface area contributed by atoms with Gasteiger partial charge in [-0.05, 0) is 25.0 Å². The fourth-order valence-electron chi connectivity index (χ4n) is 3.34. The van der Waals surface area contributed by atoms with Crippen molar-refractivity contribution in [1.29, 1.82) is 0 Å². The summed E-state index contributed by atoms with van der Waals surface area (Å²) in [6.07, 6.45) is 1.85. The van der Waals surface area contributed by atoms with Gasteiger partial charge in [0.15, 0.2) is 11.5 Å². The van der Waals surface area contributed by atoms with Gasteiger partial charge >= 0.3 is 0 Å². The number of benzene rings is 1. The van der Waals surface area contributed by atoms with Crippen molar-refractivity contribution in [2.45, 2.75) is 32.7 Å². The molecule has 1 N–H and O–H groups in total. The maximum atomic E-state index is 11.9. The first-order chi connectivity index (χ1) is 13.1. The lowest BCUT2D eigenvalue weighted by Crippen LogP contribution is -2.46. The molecule has 0 radical (unpaired) electrons. The summed E-state index contributed by atoms with van der Waals surface area (Å²) in [4.78, 5) is 14.2. The molecule has 0 bridgehead atoms. The highest BCUT2D eigenvalue weighted by atomic mass is 16.1. The summed E-state index contributed by atoms with van der Waals surface area (Å²) < 4.78 is 1.80. The van der Waals surface area contributed by atoms with Crippen molar-refractivity contribution in [3.63, 3.8) is 0 Å². The summed E-state index contributed by atoms with van der Waals surface area (Å²) in [7, 11) is 0. The number of hydrogen-bond acceptors (Lipinski definition) is 5. The normalized spacial score (nSPS) is 15.4. The molecule has 1 saturated heterocycles. The fraction of sp³-hybridized carbons (Fsp3) is 0.400. The van der Waals surface area contributed by atoms with Crippen LogP contribution in [0.2, 0.25) is 0 Å². The summed E-state index contributed by atoms with van der Waals surface area (Å²) in [5, 5.41) is 16.4. The topological polar surface area (TPSA) is 75.4 Å². The molecular weight excluding hydrogens is 340 g/mol. The Morgan fingerprint density at radius 3 is 2.52 bits per heavy atom. The van der Waals surface area contributed by atoms with E-state index in [0.717, 1.165) is 48.8 Å². The van der Waals surface area contributed by atoms with Crippen LogP contribution in [-0.4, -0.2) is 44.8 Å². The summed E-state index contributed by atoms with van der Waals surface area (Å²) in [6.45, 7) is 5.58. The molecule has 7 nitrogen and oxygen atoms in total. The number of hydrogen-bond donors (Lipinski definition) is 1. The Kier molecular flexibility index (Phi) is 4.75. The zero-order valence-corrected chi connectivity index (χ0v) is 15.7. The Morgan fingerprint density at radius 1 is 1.07 bits per heavy atom. The monoisotopic (exact) mass is 364 g/mol. The minimum Gasteiger partial charge on any atom is -0.355 e. The van der Waals surface area contributed by atoms with Crippen molar-refractivity contribution in [3.05, 3.63) is 42.5 Å². The molecule has 140 valence electrons. The molecule has 27 heavy (non-hydrogen) atoms. The lowest BCUT2D eigenvalue weighted by Gasteiger charge is -2.33. The Labute approximate surface area is 158 Å². The zero-order valence-electron chi connectivity index (χ0n) is 15.7. The first kappa shape index (κ1) is 17.5. The lowest BCUT2D eigenvalue weighted by atomic mass is 10.0. The van der Waals surface area contributed by atoms with Crippen LogP contribution in [-0.2, 0) is 4.79 Å². The van der Waals surface area contributed by atoms with E-state index in [1.807, 2.05) is 56.3 Å². The average Bonchev–Trinajstić information content (AvgIpc) is 3.12. The van der Waals surface area contributed by atoms with Crippen molar-refractivity contribution in [3.8, 4) is 11.4 Å². The Bertz CT molecular complexity index is 928. The fourth-order valence-corrected chi connectivity index (χ4v) is 3.34. The van der Waals surface area contributed by atoms with Crippen molar-refractivity contribution in [2.75, 3.05) is 18.0 Å². The molecule has 4 rings (SSSR count). The molecule has 0 atom stereocenters. The highest BCUT2D eigenvalue weighted by molar-refractivity contribution is 5.78. The van der Waals surface area contributed by atoms with Gasteiger partial charge in [-0.15, -0.1) is 15.3 Å². The van der Waals surface area contributed by atoms with Crippen molar-refractivity contribution < 1.29 is 4.79 Å². The molecule has 0 spiro atoms. The van der Waals surface area contributed by atoms with Crippen LogP contribution in [0.25, 0.3) is 17.0 Å². The number of anilines is 1. The van der Waals surface area contributed by atoms with E-state index in [0.29, 0.717) is 0 Å². The number of piperidine rings is 1. The van der Waals surface area contributed by atoms with Crippen LogP contribution in [0.1, 0.15) is 26.7 Å². The third-order valence-electron chi connectivity index (χ3n) is 4.97. The molecule has 1 aromatic carbocycles. The van der Waals surface area contributed by atoms with Gasteiger partial charge in [0.2, 0.25) is 5.91 Å². The zero-order chi connectivity index (χ0) is 18.8. The van der Waals surface area contributed by atoms with Crippen LogP contribution in [0.15, 0.2) is 42.5 Å². The third kappa shape index (κ3) is 3.63. The molecule has 3 heterocycles. The van der Waals surface area contributed by atoms with Gasteiger partial charge in [0, 0.05) is 30.6 Å². The SMILES string of the molecule is CC(C)C(=O)NC1CCN(c2ccc3nnc(-c4ccccc4)n3n2)CC1. The molecule has 1 fully saturated rings. The molecule has 1 aliphatic rings. The number of carbonyl (C=O) groups is 1. The van der Waals surface area contributed by atoms with Gasteiger partial charge in [0.05, 0.1) is 0 Å². The van der Waals surface area contributed by atoms with Gasteiger partial charge in [-0.25, -0.2) is 0 Å². The average molecular weight is 364 g/mol. The molecule has 1 aliphatic heterocycles. The van der Waals surface area contributed by atoms with Gasteiger partial charge < -0.3 is 10.2 Å². The standard InChI is InChI=1S/C20H24N6O/c1-14(2)20(27)21-16-10-12-25(13-11-16)18-9-8-17-22-23-19(26(17)24-18)15-6-4-3-5-7-15/h3-9,14,16H,10-13H2,1-2H3,(H,21,27). The second-order valence-corrected chi connectivity index (χ2v) is 7.28. The second kappa shape index (κ2) is 7.34. The van der Waals surface area contributed by atoms with Gasteiger partial charge in [-0.1, -0.05) is 44.2 Å². The van der Waals surface area contributed by atoms with Crippen LogP contribution >= 0.6 is 0 Å². The predicted octanol–water partition coefficient (Wildman–Crippen LogP) is 2.53. The van der Waals surface area contributed by atoms with E-state index in [9.17, 15) is 4.79 Å². The molecular formula is C20H24N6O. The minimum absolute atomic E-state index is 0.0252. The number of fused-ring (bicyclic) bond motifs is 1. The van der Waals surface area contributed by atoms with Crippen molar-refractivity contribution >= 4 is 17.4 Å². The van der Waals surface area contributed by atoms with Gasteiger partial charge in [-0.3, -0.25) is 4.79 Å². The number of nitrogens with zero attached hydrogens (tertiary/aromatic N) is 5. The number of aromatic nitrogens is 4. The van der Waals surface area contributed by atoms with Gasteiger partial charge in [0.25, 0.3) is 0 Å². The first-order valence-corrected chi connectivity index (χ1v) is 9.45. The quantitative estimate of drug-likeness (QED) is 0.770. The van der Waals surface area contributed by atoms with E-state index in [4.69, 9.17) is 5.10 Å². The van der Waals surface area contributed by atoms with Crippen LogP contribution in [0.5, 0.6) is 0 Å². The second-order valence-electron chi connectivity index (χ2n) is 7.28. The molecule has 0 aliphatic carbocycles. The Balaban J connectivity index is 1.51. The maximum Gasteiger partial charge on any atom is 0.222 e. The van der Waals surface area contributed by atoms with E-state index >= 15 is 0 Å². The molecule has 1 amide bonds. The highest BCUT2D eigenvalue weighted by Gasteiger charge is 2.23. The van der Waals surface area contributed by atoms with E-state index < -0.39 is 0 Å². The van der Waals surface area contributed by atoms with Crippen LogP contribution in [0, 0.1) is 5.92 Å². The van der Waals surface area contributed by atoms with E-state index in [-0.39, 0.29) is 17.9 Å². The number of rotatable bonds is 4. The molecule has 3 aromatic rings. The highest BCUT2D eigenvalue weighted by Crippen LogP contribution is 2.21. The van der Waals surface area contributed by atoms with E-state index in [1.165, 1.54) is 0 Å². The van der Waals surface area contributed by atoms with Gasteiger partial charge in [-0.2, -0.15) is 4.52 Å². The van der Waals surface area contributed by atoms with E-state index in [1.54, 1.807) is 4.52 Å². The van der Waals surface area contributed by atoms with Crippen LogP contribution in [0.3, 0.4) is 0 Å². The summed E-state index contributed by atoms with van der Waals surface area (Å²) in [5.41, 5.74) is 1.72. The molecule has 0 unspecified atom stereocenters. The Morgan fingerprint density at radius 2 is 1.81 bits per heavy atom. The predicted molar refractivity (Wildman–Crippen MR) is 104 cm³/mol. The maximum absolute atomic E-state index is 11.9. The largest absolute Gasteiger partial charge is 0.355 e. The third-order valence-corrected chi connectivity index (χ3v) is 4.97. The number of amides is 1. The van der Waals surface area contributed by atoms with Crippen molar-refractivity contribution in [2.24, 2.45) is 5.92 Å². The van der Waals surface area contributed by atoms with Crippen LogP contribution < -0.4 is 10.2 Å².